The zero-order valence-electron chi connectivity index (χ0n) is 15.5. The molecule has 0 saturated heterocycles. The number of hydrogen-bond donors (Lipinski definition) is 3. The Balaban J connectivity index is 1.41. The molecule has 30 heavy (non-hydrogen) atoms. The Kier molecular flexibility index (Phi) is 6.03. The lowest BCUT2D eigenvalue weighted by Crippen LogP contribution is -2.15. The summed E-state index contributed by atoms with van der Waals surface area (Å²) in [5.41, 5.74) is 1.50. The Bertz CT molecular complexity index is 1220. The zero-order valence-corrected chi connectivity index (χ0v) is 17.9. The van der Waals surface area contributed by atoms with Crippen molar-refractivity contribution in [3.05, 3.63) is 75.1 Å². The third-order valence-corrected chi connectivity index (χ3v) is 5.80. The number of amides is 2. The van der Waals surface area contributed by atoms with Crippen LogP contribution >= 0.6 is 34.5 Å². The lowest BCUT2D eigenvalue weighted by atomic mass is 10.1. The van der Waals surface area contributed by atoms with Gasteiger partial charge in [-0.25, -0.2) is 0 Å². The highest BCUT2D eigenvalue weighted by Gasteiger charge is 2.15. The molecule has 6 nitrogen and oxygen atoms in total. The van der Waals surface area contributed by atoms with E-state index in [4.69, 9.17) is 23.2 Å². The van der Waals surface area contributed by atoms with Crippen LogP contribution in [0.2, 0.25) is 10.0 Å². The van der Waals surface area contributed by atoms with Crippen LogP contribution in [0, 0.1) is 0 Å². The molecule has 2 amide bonds. The molecule has 0 atom stereocenters. The second-order valence-corrected chi connectivity index (χ2v) is 8.60. The van der Waals surface area contributed by atoms with Gasteiger partial charge in [-0.15, -0.1) is 11.3 Å². The van der Waals surface area contributed by atoms with E-state index in [-0.39, 0.29) is 24.7 Å². The van der Waals surface area contributed by atoms with Crippen LogP contribution in [0.4, 0.5) is 11.5 Å². The maximum absolute atomic E-state index is 12.4. The minimum absolute atomic E-state index is 0.154. The fourth-order valence-electron chi connectivity index (χ4n) is 2.94. The van der Waals surface area contributed by atoms with Crippen molar-refractivity contribution in [1.82, 2.24) is 10.2 Å². The van der Waals surface area contributed by atoms with Crippen LogP contribution in [0.15, 0.2) is 54.6 Å². The Morgan fingerprint density at radius 2 is 1.70 bits per heavy atom. The van der Waals surface area contributed by atoms with Crippen molar-refractivity contribution < 1.29 is 9.59 Å². The van der Waals surface area contributed by atoms with Gasteiger partial charge in [-0.3, -0.25) is 14.7 Å². The Morgan fingerprint density at radius 1 is 0.933 bits per heavy atom. The van der Waals surface area contributed by atoms with Gasteiger partial charge in [0.2, 0.25) is 11.8 Å². The lowest BCUT2D eigenvalue weighted by molar-refractivity contribution is -0.116. The van der Waals surface area contributed by atoms with Gasteiger partial charge in [0.25, 0.3) is 0 Å². The SMILES string of the molecule is O=C(Cc1cc2c(NC(=O)Cc3ccc(Cl)cc3)[nH]nc2s1)Nc1cccc(Cl)c1. The van der Waals surface area contributed by atoms with Crippen molar-refractivity contribution in [3.63, 3.8) is 0 Å². The number of fused-ring (bicyclic) bond motifs is 1. The van der Waals surface area contributed by atoms with Gasteiger partial charge in [-0.05, 0) is 42.0 Å². The van der Waals surface area contributed by atoms with Crippen molar-refractivity contribution in [2.75, 3.05) is 10.6 Å². The second-order valence-electron chi connectivity index (χ2n) is 6.62. The van der Waals surface area contributed by atoms with Crippen molar-refractivity contribution >= 4 is 68.1 Å². The van der Waals surface area contributed by atoms with Gasteiger partial charge in [-0.1, -0.05) is 41.4 Å². The van der Waals surface area contributed by atoms with E-state index in [0.29, 0.717) is 21.6 Å². The molecule has 152 valence electrons. The number of nitrogens with zero attached hydrogens (tertiary/aromatic N) is 1. The van der Waals surface area contributed by atoms with Gasteiger partial charge in [-0.2, -0.15) is 5.10 Å². The summed E-state index contributed by atoms with van der Waals surface area (Å²) in [5.74, 6) is 0.189. The van der Waals surface area contributed by atoms with Gasteiger partial charge in [0, 0.05) is 20.6 Å². The number of thiophene rings is 1. The molecular weight excluding hydrogens is 443 g/mol. The number of halogens is 2. The van der Waals surface area contributed by atoms with Crippen molar-refractivity contribution in [3.8, 4) is 0 Å². The molecule has 0 aliphatic heterocycles. The van der Waals surface area contributed by atoms with E-state index in [1.54, 1.807) is 36.4 Å². The highest BCUT2D eigenvalue weighted by atomic mass is 35.5. The van der Waals surface area contributed by atoms with E-state index in [1.807, 2.05) is 18.2 Å². The first-order chi connectivity index (χ1) is 14.5. The monoisotopic (exact) mass is 458 g/mol. The van der Waals surface area contributed by atoms with Gasteiger partial charge in [0.05, 0.1) is 18.2 Å². The second kappa shape index (κ2) is 8.87. The lowest BCUT2D eigenvalue weighted by Gasteiger charge is -2.04. The van der Waals surface area contributed by atoms with Gasteiger partial charge >= 0.3 is 0 Å². The highest BCUT2D eigenvalue weighted by Crippen LogP contribution is 2.30. The fraction of sp³-hybridized carbons (Fsp3) is 0.0952. The smallest absolute Gasteiger partial charge is 0.229 e. The summed E-state index contributed by atoms with van der Waals surface area (Å²) in [6.45, 7) is 0. The fourth-order valence-corrected chi connectivity index (χ4v) is 4.25. The van der Waals surface area contributed by atoms with Gasteiger partial charge in [0.1, 0.15) is 10.6 Å². The molecule has 0 radical (unpaired) electrons. The Labute approximate surface area is 186 Å². The van der Waals surface area contributed by atoms with E-state index in [0.717, 1.165) is 20.7 Å². The van der Waals surface area contributed by atoms with Gasteiger partial charge in [0.15, 0.2) is 0 Å². The predicted octanol–water partition coefficient (Wildman–Crippen LogP) is 5.29. The van der Waals surface area contributed by atoms with Crippen LogP contribution in [-0.2, 0) is 22.4 Å². The number of carbonyl (C=O) groups is 2. The normalized spacial score (nSPS) is 10.9. The molecule has 3 N–H and O–H groups in total. The van der Waals surface area contributed by atoms with Gasteiger partial charge < -0.3 is 10.6 Å². The number of hydrogen-bond acceptors (Lipinski definition) is 4. The molecule has 0 saturated carbocycles. The molecule has 0 aliphatic rings. The van der Waals surface area contributed by atoms with Crippen LogP contribution in [-0.4, -0.2) is 22.0 Å². The van der Waals surface area contributed by atoms with E-state index in [9.17, 15) is 9.59 Å². The number of aromatic amines is 1. The molecule has 9 heteroatoms. The molecule has 4 rings (SSSR count). The average molecular weight is 459 g/mol. The van der Waals surface area contributed by atoms with Crippen LogP contribution in [0.5, 0.6) is 0 Å². The number of H-pyrrole nitrogens is 1. The summed E-state index contributed by atoms with van der Waals surface area (Å²) in [4.78, 5) is 26.3. The third kappa shape index (κ3) is 4.99. The van der Waals surface area contributed by atoms with Crippen molar-refractivity contribution in [2.45, 2.75) is 12.8 Å². The summed E-state index contributed by atoms with van der Waals surface area (Å²) < 4.78 is 0. The summed E-state index contributed by atoms with van der Waals surface area (Å²) in [5, 5.41) is 14.7. The van der Waals surface area contributed by atoms with Crippen LogP contribution in [0.3, 0.4) is 0 Å². The number of aromatic nitrogens is 2. The quantitative estimate of drug-likeness (QED) is 0.366. The molecule has 0 bridgehead atoms. The summed E-state index contributed by atoms with van der Waals surface area (Å²) >= 11 is 13.2. The number of benzene rings is 2. The van der Waals surface area contributed by atoms with Crippen molar-refractivity contribution in [2.24, 2.45) is 0 Å². The highest BCUT2D eigenvalue weighted by molar-refractivity contribution is 7.18. The number of rotatable bonds is 6. The topological polar surface area (TPSA) is 86.9 Å². The van der Waals surface area contributed by atoms with Crippen LogP contribution < -0.4 is 10.6 Å². The van der Waals surface area contributed by atoms with Crippen LogP contribution in [0.25, 0.3) is 10.2 Å². The average Bonchev–Trinajstić information content (AvgIpc) is 3.25. The molecule has 2 aromatic carbocycles. The zero-order chi connectivity index (χ0) is 21.1. The van der Waals surface area contributed by atoms with Crippen LogP contribution in [0.1, 0.15) is 10.4 Å². The van der Waals surface area contributed by atoms with E-state index in [1.165, 1.54) is 11.3 Å². The molecule has 2 aromatic heterocycles. The Morgan fingerprint density at radius 3 is 2.47 bits per heavy atom. The number of anilines is 2. The van der Waals surface area contributed by atoms with E-state index in [2.05, 4.69) is 20.8 Å². The molecule has 2 heterocycles. The molecule has 0 aliphatic carbocycles. The summed E-state index contributed by atoms with van der Waals surface area (Å²) in [7, 11) is 0. The first-order valence-electron chi connectivity index (χ1n) is 9.03. The third-order valence-electron chi connectivity index (χ3n) is 4.29. The summed E-state index contributed by atoms with van der Waals surface area (Å²) in [6.07, 6.45) is 0.419. The molecule has 0 unspecified atom stereocenters. The first-order valence-corrected chi connectivity index (χ1v) is 10.6. The molecule has 0 spiro atoms. The predicted molar refractivity (Wildman–Crippen MR) is 122 cm³/mol. The Hall–Kier alpha value is -2.87. The van der Waals surface area contributed by atoms with E-state index >= 15 is 0 Å². The number of carbonyl (C=O) groups excluding carboxylic acids is 2. The minimum atomic E-state index is -0.172. The van der Waals surface area contributed by atoms with E-state index < -0.39 is 0 Å². The van der Waals surface area contributed by atoms with Crippen molar-refractivity contribution in [1.29, 1.82) is 0 Å². The maximum atomic E-state index is 12.4. The maximum Gasteiger partial charge on any atom is 0.229 e. The molecule has 0 fully saturated rings. The summed E-state index contributed by atoms with van der Waals surface area (Å²) in [6, 6.07) is 16.0. The number of nitrogens with one attached hydrogen (secondary N) is 3. The first kappa shape index (κ1) is 20.4. The largest absolute Gasteiger partial charge is 0.326 e. The molecular formula is C21H16Cl2N4O2S. The molecule has 4 aromatic rings. The standard InChI is InChI=1S/C21H16Cl2N4O2S/c22-13-6-4-12(5-7-13)8-18(28)25-20-17-10-16(30-21(17)27-26-20)11-19(29)24-15-3-1-2-14(23)9-15/h1-7,9-10H,8,11H2,(H,24,29)(H2,25,26,27,28). The minimum Gasteiger partial charge on any atom is -0.326 e.